The summed E-state index contributed by atoms with van der Waals surface area (Å²) < 4.78 is 49.6. The van der Waals surface area contributed by atoms with Gasteiger partial charge in [0.05, 0.1) is 5.56 Å². The third kappa shape index (κ3) is 4.88. The highest BCUT2D eigenvalue weighted by atomic mass is 19.4. The molecule has 0 bridgehead atoms. The number of aromatic nitrogens is 4. The molecule has 0 N–H and O–H groups in total. The van der Waals surface area contributed by atoms with E-state index in [1.165, 1.54) is 12.1 Å². The molecule has 0 unspecified atom stereocenters. The molecule has 9 heteroatoms. The average Bonchev–Trinajstić information content (AvgIpc) is 3.27. The van der Waals surface area contributed by atoms with E-state index >= 15 is 0 Å². The fourth-order valence-corrected chi connectivity index (χ4v) is 2.84. The first-order valence-electron chi connectivity index (χ1n) is 9.49. The van der Waals surface area contributed by atoms with Gasteiger partial charge < -0.3 is 9.26 Å². The van der Waals surface area contributed by atoms with Gasteiger partial charge in [-0.2, -0.15) is 23.1 Å². The van der Waals surface area contributed by atoms with Gasteiger partial charge in [0.25, 0.3) is 5.89 Å². The lowest BCUT2D eigenvalue weighted by Gasteiger charge is -2.07. The van der Waals surface area contributed by atoms with E-state index in [1.807, 2.05) is 37.3 Å². The summed E-state index contributed by atoms with van der Waals surface area (Å²) in [7, 11) is 0. The summed E-state index contributed by atoms with van der Waals surface area (Å²) in [5.74, 6) is 1.03. The molecule has 2 heterocycles. The van der Waals surface area contributed by atoms with Gasteiger partial charge in [-0.15, -0.1) is 0 Å². The summed E-state index contributed by atoms with van der Waals surface area (Å²) in [5, 5.41) is 3.75. The van der Waals surface area contributed by atoms with Crippen molar-refractivity contribution < 1.29 is 22.4 Å². The lowest BCUT2D eigenvalue weighted by Crippen LogP contribution is -2.04. The predicted octanol–water partition coefficient (Wildman–Crippen LogP) is 5.35. The first-order valence-corrected chi connectivity index (χ1v) is 9.49. The monoisotopic (exact) mass is 426 g/mol. The van der Waals surface area contributed by atoms with Crippen LogP contribution in [-0.2, 0) is 19.2 Å². The molecule has 4 rings (SSSR count). The Bertz CT molecular complexity index is 1180. The number of benzene rings is 2. The molecule has 158 valence electrons. The summed E-state index contributed by atoms with van der Waals surface area (Å²) in [4.78, 5) is 13.1. The number of aryl methyl sites for hydroxylation is 1. The van der Waals surface area contributed by atoms with Gasteiger partial charge in [0, 0.05) is 22.9 Å². The molecule has 2 aromatic carbocycles. The molecule has 0 aliphatic rings. The van der Waals surface area contributed by atoms with E-state index in [-0.39, 0.29) is 23.9 Å². The smallest absolute Gasteiger partial charge is 0.416 e. The zero-order chi connectivity index (χ0) is 21.8. The van der Waals surface area contributed by atoms with Crippen LogP contribution in [0.25, 0.3) is 22.8 Å². The Kier molecular flexibility index (Phi) is 5.66. The maximum absolute atomic E-state index is 12.9. The highest BCUT2D eigenvalue weighted by Gasteiger charge is 2.30. The minimum absolute atomic E-state index is 0.0478. The Labute approximate surface area is 175 Å². The molecule has 4 aromatic rings. The Morgan fingerprint density at radius 3 is 2.39 bits per heavy atom. The predicted molar refractivity (Wildman–Crippen MR) is 106 cm³/mol. The van der Waals surface area contributed by atoms with Crippen molar-refractivity contribution in [3.05, 3.63) is 77.8 Å². The third-order valence-electron chi connectivity index (χ3n) is 4.41. The summed E-state index contributed by atoms with van der Waals surface area (Å²) in [6, 6.07) is 15.9. The largest absolute Gasteiger partial charge is 0.467 e. The molecular weight excluding hydrogens is 409 g/mol. The third-order valence-corrected chi connectivity index (χ3v) is 4.41. The molecule has 0 spiro atoms. The topological polar surface area (TPSA) is 73.9 Å². The van der Waals surface area contributed by atoms with E-state index in [0.717, 1.165) is 23.4 Å². The zero-order valence-corrected chi connectivity index (χ0v) is 16.4. The second-order valence-electron chi connectivity index (χ2n) is 6.62. The van der Waals surface area contributed by atoms with Crippen molar-refractivity contribution >= 4 is 0 Å². The van der Waals surface area contributed by atoms with Crippen molar-refractivity contribution in [2.24, 2.45) is 0 Å². The van der Waals surface area contributed by atoms with Gasteiger partial charge in [0.15, 0.2) is 12.4 Å². The van der Waals surface area contributed by atoms with Crippen molar-refractivity contribution in [2.75, 3.05) is 0 Å². The maximum Gasteiger partial charge on any atom is 0.416 e. The first kappa shape index (κ1) is 20.5. The SMILES string of the molecule is CCc1cc(OCc2nc(-c3cccc(C(F)(F)F)c3)no2)nc(-c2ccccc2)n1. The Morgan fingerprint density at radius 2 is 1.65 bits per heavy atom. The van der Waals surface area contributed by atoms with Crippen molar-refractivity contribution in [3.63, 3.8) is 0 Å². The van der Waals surface area contributed by atoms with E-state index in [2.05, 4.69) is 20.1 Å². The summed E-state index contributed by atoms with van der Waals surface area (Å²) in [6.07, 6.45) is -3.76. The second-order valence-corrected chi connectivity index (χ2v) is 6.62. The van der Waals surface area contributed by atoms with Crippen LogP contribution in [0.3, 0.4) is 0 Å². The van der Waals surface area contributed by atoms with Gasteiger partial charge in [-0.25, -0.2) is 4.98 Å². The Balaban J connectivity index is 1.52. The molecule has 6 nitrogen and oxygen atoms in total. The minimum Gasteiger partial charge on any atom is -0.467 e. The summed E-state index contributed by atoms with van der Waals surface area (Å²) in [5.41, 5.74) is 1.08. The van der Waals surface area contributed by atoms with Crippen LogP contribution in [0.2, 0.25) is 0 Å². The van der Waals surface area contributed by atoms with Gasteiger partial charge in [0.1, 0.15) is 0 Å². The molecule has 0 radical (unpaired) electrons. The summed E-state index contributed by atoms with van der Waals surface area (Å²) >= 11 is 0. The molecule has 0 aliphatic carbocycles. The lowest BCUT2D eigenvalue weighted by molar-refractivity contribution is -0.137. The van der Waals surface area contributed by atoms with Gasteiger partial charge >= 0.3 is 6.18 Å². The zero-order valence-electron chi connectivity index (χ0n) is 16.4. The van der Waals surface area contributed by atoms with Gasteiger partial charge in [-0.1, -0.05) is 54.5 Å². The molecule has 0 aliphatic heterocycles. The van der Waals surface area contributed by atoms with E-state index in [1.54, 1.807) is 6.07 Å². The van der Waals surface area contributed by atoms with Crippen LogP contribution >= 0.6 is 0 Å². The highest BCUT2D eigenvalue weighted by molar-refractivity contribution is 5.56. The molecule has 0 amide bonds. The highest BCUT2D eigenvalue weighted by Crippen LogP contribution is 2.31. The molecule has 0 saturated carbocycles. The van der Waals surface area contributed by atoms with Gasteiger partial charge in [-0.3, -0.25) is 0 Å². The van der Waals surface area contributed by atoms with E-state index in [0.29, 0.717) is 18.1 Å². The number of halogens is 3. The van der Waals surface area contributed by atoms with Crippen molar-refractivity contribution in [1.29, 1.82) is 0 Å². The molecule has 31 heavy (non-hydrogen) atoms. The number of nitrogens with zero attached hydrogens (tertiary/aromatic N) is 4. The van der Waals surface area contributed by atoms with Crippen molar-refractivity contribution in [2.45, 2.75) is 26.1 Å². The van der Waals surface area contributed by atoms with Crippen LogP contribution < -0.4 is 4.74 Å². The normalized spacial score (nSPS) is 11.5. The van der Waals surface area contributed by atoms with Crippen molar-refractivity contribution in [3.8, 4) is 28.7 Å². The fraction of sp³-hybridized carbons (Fsp3) is 0.182. The minimum atomic E-state index is -4.45. The first-order chi connectivity index (χ1) is 14.9. The van der Waals surface area contributed by atoms with Gasteiger partial charge in [-0.05, 0) is 18.6 Å². The number of rotatable bonds is 6. The molecule has 0 fully saturated rings. The Hall–Kier alpha value is -3.75. The summed E-state index contributed by atoms with van der Waals surface area (Å²) in [6.45, 7) is 1.89. The Morgan fingerprint density at radius 1 is 0.871 bits per heavy atom. The number of ether oxygens (including phenoxy) is 1. The van der Waals surface area contributed by atoms with Crippen LogP contribution in [0.4, 0.5) is 13.2 Å². The maximum atomic E-state index is 12.9. The molecule has 2 aromatic heterocycles. The van der Waals surface area contributed by atoms with Crippen molar-refractivity contribution in [1.82, 2.24) is 20.1 Å². The quantitative estimate of drug-likeness (QED) is 0.414. The molecule has 0 atom stereocenters. The fourth-order valence-electron chi connectivity index (χ4n) is 2.84. The van der Waals surface area contributed by atoms with Gasteiger partial charge in [0.2, 0.25) is 11.7 Å². The number of hydrogen-bond acceptors (Lipinski definition) is 6. The van der Waals surface area contributed by atoms with Crippen LogP contribution in [0.1, 0.15) is 24.1 Å². The molecular formula is C22H17F3N4O2. The lowest BCUT2D eigenvalue weighted by atomic mass is 10.1. The average molecular weight is 426 g/mol. The van der Waals surface area contributed by atoms with Crippen LogP contribution in [0, 0.1) is 0 Å². The van der Waals surface area contributed by atoms with E-state index < -0.39 is 11.7 Å². The van der Waals surface area contributed by atoms with Crippen LogP contribution in [-0.4, -0.2) is 20.1 Å². The second kappa shape index (κ2) is 8.55. The van der Waals surface area contributed by atoms with Crippen LogP contribution in [0.5, 0.6) is 5.88 Å². The van der Waals surface area contributed by atoms with Crippen LogP contribution in [0.15, 0.2) is 65.2 Å². The number of alkyl halides is 3. The van der Waals surface area contributed by atoms with E-state index in [9.17, 15) is 13.2 Å². The molecule has 0 saturated heterocycles. The standard InChI is InChI=1S/C22H17F3N4O2/c1-2-17-12-18(27-20(26-17)14-7-4-3-5-8-14)30-13-19-28-21(29-31-19)15-9-6-10-16(11-15)22(23,24)25/h3-12H,2,13H2,1H3. The number of hydrogen-bond donors (Lipinski definition) is 0. The van der Waals surface area contributed by atoms with E-state index in [4.69, 9.17) is 9.26 Å².